The summed E-state index contributed by atoms with van der Waals surface area (Å²) in [6, 6.07) is 14.8. The number of hydrogen-bond donors (Lipinski definition) is 1. The molecule has 160 valence electrons. The Bertz CT molecular complexity index is 684. The molecule has 2 rings (SSSR count). The van der Waals surface area contributed by atoms with Gasteiger partial charge in [-0.2, -0.15) is 0 Å². The number of benzene rings is 2. The fraction of sp³-hybridized carbons (Fsp3) is 0.520. The second-order valence-electron chi connectivity index (χ2n) is 7.61. The van der Waals surface area contributed by atoms with Crippen LogP contribution in [0.5, 0.6) is 5.75 Å². The Labute approximate surface area is 176 Å². The van der Waals surface area contributed by atoms with Crippen molar-refractivity contribution in [2.24, 2.45) is 0 Å². The first-order chi connectivity index (χ1) is 14.2. The fourth-order valence-electron chi connectivity index (χ4n) is 3.28. The van der Waals surface area contributed by atoms with Gasteiger partial charge < -0.3 is 15.0 Å². The molecule has 4 heteroatoms. The van der Waals surface area contributed by atoms with Gasteiger partial charge in [-0.3, -0.25) is 0 Å². The van der Waals surface area contributed by atoms with E-state index < -0.39 is 0 Å². The molecule has 0 spiro atoms. The largest absolute Gasteiger partial charge is 0.489 e. The molecule has 0 aliphatic rings. The highest BCUT2D eigenvalue weighted by molar-refractivity contribution is 5.29. The van der Waals surface area contributed by atoms with E-state index in [1.165, 1.54) is 56.9 Å². The van der Waals surface area contributed by atoms with Gasteiger partial charge in [-0.05, 0) is 69.2 Å². The quantitative estimate of drug-likeness (QED) is 0.383. The molecule has 0 radical (unpaired) electrons. The van der Waals surface area contributed by atoms with Crippen molar-refractivity contribution < 1.29 is 9.13 Å². The molecule has 0 unspecified atom stereocenters. The van der Waals surface area contributed by atoms with E-state index in [-0.39, 0.29) is 12.4 Å². The third kappa shape index (κ3) is 9.42. The molecule has 0 aromatic heterocycles. The molecular formula is C25H37FN2O. The van der Waals surface area contributed by atoms with Crippen molar-refractivity contribution in [1.29, 1.82) is 0 Å². The normalized spacial score (nSPS) is 11.2. The van der Waals surface area contributed by atoms with E-state index in [9.17, 15) is 4.39 Å². The van der Waals surface area contributed by atoms with Crippen molar-refractivity contribution in [3.05, 3.63) is 65.5 Å². The zero-order valence-corrected chi connectivity index (χ0v) is 18.1. The molecule has 0 atom stereocenters. The van der Waals surface area contributed by atoms with Crippen LogP contribution in [0, 0.1) is 5.82 Å². The molecule has 0 heterocycles. The predicted octanol–water partition coefficient (Wildman–Crippen LogP) is 5.79. The van der Waals surface area contributed by atoms with E-state index in [2.05, 4.69) is 30.1 Å². The van der Waals surface area contributed by atoms with Gasteiger partial charge in [0.25, 0.3) is 0 Å². The molecule has 1 N–H and O–H groups in total. The van der Waals surface area contributed by atoms with E-state index in [1.807, 2.05) is 24.3 Å². The predicted molar refractivity (Wildman–Crippen MR) is 120 cm³/mol. The van der Waals surface area contributed by atoms with Gasteiger partial charge in [0.05, 0.1) is 0 Å². The summed E-state index contributed by atoms with van der Waals surface area (Å²) in [4.78, 5) is 2.60. The minimum atomic E-state index is -0.225. The molecule has 2 aromatic carbocycles. The zero-order valence-electron chi connectivity index (χ0n) is 18.1. The molecule has 0 bridgehead atoms. The second-order valence-corrected chi connectivity index (χ2v) is 7.61. The van der Waals surface area contributed by atoms with Crippen molar-refractivity contribution in [1.82, 2.24) is 10.2 Å². The summed E-state index contributed by atoms with van der Waals surface area (Å²) in [6.07, 6.45) is 6.26. The van der Waals surface area contributed by atoms with Crippen molar-refractivity contribution in [3.8, 4) is 5.75 Å². The number of rotatable bonds is 15. The van der Waals surface area contributed by atoms with Gasteiger partial charge in [-0.25, -0.2) is 4.39 Å². The lowest BCUT2D eigenvalue weighted by molar-refractivity contribution is 0.261. The number of unbranched alkanes of at least 4 members (excludes halogenated alkanes) is 2. The highest BCUT2D eigenvalue weighted by Gasteiger charge is 2.04. The Balaban J connectivity index is 1.69. The molecule has 0 fully saturated rings. The summed E-state index contributed by atoms with van der Waals surface area (Å²) in [6.45, 7) is 10.2. The lowest BCUT2D eigenvalue weighted by Gasteiger charge is -2.22. The topological polar surface area (TPSA) is 24.5 Å². The van der Waals surface area contributed by atoms with E-state index in [0.29, 0.717) is 5.56 Å². The lowest BCUT2D eigenvalue weighted by Crippen LogP contribution is -2.29. The summed E-state index contributed by atoms with van der Waals surface area (Å²) in [5.41, 5.74) is 1.76. The van der Waals surface area contributed by atoms with Crippen LogP contribution in [0.2, 0.25) is 0 Å². The second kappa shape index (κ2) is 14.1. The summed E-state index contributed by atoms with van der Waals surface area (Å²) in [5, 5.41) is 3.54. The van der Waals surface area contributed by atoms with Crippen LogP contribution in [0.25, 0.3) is 0 Å². The average Bonchev–Trinajstić information content (AvgIpc) is 2.74. The minimum absolute atomic E-state index is 0.225. The van der Waals surface area contributed by atoms with Crippen molar-refractivity contribution in [3.63, 3.8) is 0 Å². The maximum Gasteiger partial charge on any atom is 0.129 e. The van der Waals surface area contributed by atoms with Crippen LogP contribution >= 0.6 is 0 Å². The SMILES string of the molecule is CCCCN(CCCC)CCCNCc1cccc(OCc2ccccc2F)c1. The van der Waals surface area contributed by atoms with Crippen LogP contribution in [-0.2, 0) is 13.2 Å². The van der Waals surface area contributed by atoms with E-state index in [0.717, 1.165) is 25.3 Å². The van der Waals surface area contributed by atoms with E-state index in [1.54, 1.807) is 12.1 Å². The van der Waals surface area contributed by atoms with Crippen molar-refractivity contribution in [2.75, 3.05) is 26.2 Å². The highest BCUT2D eigenvalue weighted by atomic mass is 19.1. The standard InChI is InChI=1S/C25H37FN2O/c1-3-5-16-28(17-6-4-2)18-10-15-27-20-22-11-9-13-24(19-22)29-21-23-12-7-8-14-25(23)26/h7-9,11-14,19,27H,3-6,10,15-18,20-21H2,1-2H3. The van der Waals surface area contributed by atoms with Crippen LogP contribution in [0.3, 0.4) is 0 Å². The van der Waals surface area contributed by atoms with Crippen LogP contribution in [0.1, 0.15) is 57.1 Å². The van der Waals surface area contributed by atoms with Crippen molar-refractivity contribution >= 4 is 0 Å². The number of nitrogens with one attached hydrogen (secondary N) is 1. The van der Waals surface area contributed by atoms with Crippen LogP contribution in [0.4, 0.5) is 4.39 Å². The summed E-state index contributed by atoms with van der Waals surface area (Å²) >= 11 is 0. The Morgan fingerprint density at radius 3 is 2.34 bits per heavy atom. The molecule has 0 amide bonds. The monoisotopic (exact) mass is 400 g/mol. The molecule has 29 heavy (non-hydrogen) atoms. The maximum atomic E-state index is 13.7. The summed E-state index contributed by atoms with van der Waals surface area (Å²) in [7, 11) is 0. The fourth-order valence-corrected chi connectivity index (χ4v) is 3.28. The smallest absolute Gasteiger partial charge is 0.129 e. The van der Waals surface area contributed by atoms with Gasteiger partial charge >= 0.3 is 0 Å². The molecule has 0 aliphatic heterocycles. The first-order valence-corrected chi connectivity index (χ1v) is 11.1. The van der Waals surface area contributed by atoms with E-state index >= 15 is 0 Å². The van der Waals surface area contributed by atoms with Crippen LogP contribution < -0.4 is 10.1 Å². The molecule has 0 saturated heterocycles. The maximum absolute atomic E-state index is 13.7. The molecule has 0 saturated carbocycles. The van der Waals surface area contributed by atoms with Crippen molar-refractivity contribution in [2.45, 2.75) is 59.1 Å². The Hall–Kier alpha value is -1.91. The Morgan fingerprint density at radius 1 is 0.897 bits per heavy atom. The Morgan fingerprint density at radius 2 is 1.62 bits per heavy atom. The van der Waals surface area contributed by atoms with Crippen LogP contribution in [-0.4, -0.2) is 31.1 Å². The molecular weight excluding hydrogens is 363 g/mol. The van der Waals surface area contributed by atoms with Gasteiger partial charge in [0.1, 0.15) is 18.2 Å². The average molecular weight is 401 g/mol. The third-order valence-corrected chi connectivity index (χ3v) is 5.06. The number of ether oxygens (including phenoxy) is 1. The van der Waals surface area contributed by atoms with Gasteiger partial charge in [-0.15, -0.1) is 0 Å². The van der Waals surface area contributed by atoms with Gasteiger partial charge in [0, 0.05) is 12.1 Å². The lowest BCUT2D eigenvalue weighted by atomic mass is 10.2. The Kier molecular flexibility index (Phi) is 11.4. The number of nitrogens with zero attached hydrogens (tertiary/aromatic N) is 1. The summed E-state index contributed by atoms with van der Waals surface area (Å²) in [5.74, 6) is 0.551. The zero-order chi connectivity index (χ0) is 20.7. The van der Waals surface area contributed by atoms with Crippen LogP contribution in [0.15, 0.2) is 48.5 Å². The molecule has 0 aliphatic carbocycles. The molecule has 3 nitrogen and oxygen atoms in total. The van der Waals surface area contributed by atoms with Gasteiger partial charge in [-0.1, -0.05) is 57.0 Å². The summed E-state index contributed by atoms with van der Waals surface area (Å²) < 4.78 is 19.5. The van der Waals surface area contributed by atoms with Gasteiger partial charge in [0.15, 0.2) is 0 Å². The first kappa shape index (κ1) is 23.4. The number of halogens is 1. The number of hydrogen-bond acceptors (Lipinski definition) is 3. The third-order valence-electron chi connectivity index (χ3n) is 5.06. The molecule has 2 aromatic rings. The minimum Gasteiger partial charge on any atom is -0.489 e. The highest BCUT2D eigenvalue weighted by Crippen LogP contribution is 2.16. The van der Waals surface area contributed by atoms with E-state index in [4.69, 9.17) is 4.74 Å². The van der Waals surface area contributed by atoms with Gasteiger partial charge in [0.2, 0.25) is 0 Å². The first-order valence-electron chi connectivity index (χ1n) is 11.1.